The van der Waals surface area contributed by atoms with Gasteiger partial charge in [0.2, 0.25) is 0 Å². The topological polar surface area (TPSA) is 88.2 Å². The van der Waals surface area contributed by atoms with Crippen molar-refractivity contribution < 1.29 is 15.0 Å². The van der Waals surface area contributed by atoms with E-state index in [2.05, 4.69) is 10.2 Å². The predicted molar refractivity (Wildman–Crippen MR) is 95.9 cm³/mol. The van der Waals surface area contributed by atoms with Crippen LogP contribution in [0.25, 0.3) is 5.69 Å². The number of aryl methyl sites for hydroxylation is 1. The summed E-state index contributed by atoms with van der Waals surface area (Å²) in [5.41, 5.74) is 2.08. The van der Waals surface area contributed by atoms with Crippen LogP contribution >= 0.6 is 23.4 Å². The van der Waals surface area contributed by atoms with E-state index in [4.69, 9.17) is 11.6 Å². The van der Waals surface area contributed by atoms with Gasteiger partial charge in [-0.3, -0.25) is 9.36 Å². The Morgan fingerprint density at radius 3 is 2.72 bits per heavy atom. The van der Waals surface area contributed by atoms with Gasteiger partial charge in [0, 0.05) is 10.6 Å². The molecular weight excluding hydrogens is 362 g/mol. The number of ketones is 1. The number of hydrogen-bond donors (Lipinski definition) is 2. The number of nitrogens with zero attached hydrogens (tertiary/aromatic N) is 3. The molecule has 25 heavy (non-hydrogen) atoms. The van der Waals surface area contributed by atoms with Crippen LogP contribution < -0.4 is 0 Å². The normalized spacial score (nSPS) is 10.8. The van der Waals surface area contributed by atoms with Gasteiger partial charge in [-0.25, -0.2) is 0 Å². The average Bonchev–Trinajstić information content (AvgIpc) is 3.06. The highest BCUT2D eigenvalue weighted by Gasteiger charge is 2.13. The number of hydrogen-bond acceptors (Lipinski definition) is 6. The first-order valence-electron chi connectivity index (χ1n) is 7.30. The lowest BCUT2D eigenvalue weighted by molar-refractivity contribution is 0.102. The Morgan fingerprint density at radius 2 is 2.00 bits per heavy atom. The quantitative estimate of drug-likeness (QED) is 0.402. The molecule has 3 rings (SSSR count). The van der Waals surface area contributed by atoms with Gasteiger partial charge in [0.25, 0.3) is 0 Å². The summed E-state index contributed by atoms with van der Waals surface area (Å²) in [4.78, 5) is 12.3. The van der Waals surface area contributed by atoms with Crippen molar-refractivity contribution in [1.29, 1.82) is 0 Å². The maximum absolute atomic E-state index is 12.3. The third-order valence-corrected chi connectivity index (χ3v) is 4.93. The Morgan fingerprint density at radius 1 is 1.20 bits per heavy atom. The second-order valence-corrected chi connectivity index (χ2v) is 6.68. The first-order valence-corrected chi connectivity index (χ1v) is 8.66. The Bertz CT molecular complexity index is 943. The fourth-order valence-electron chi connectivity index (χ4n) is 2.14. The van der Waals surface area contributed by atoms with E-state index in [0.29, 0.717) is 15.7 Å². The van der Waals surface area contributed by atoms with Gasteiger partial charge in [-0.05, 0) is 42.8 Å². The highest BCUT2D eigenvalue weighted by molar-refractivity contribution is 7.99. The van der Waals surface area contributed by atoms with Crippen molar-refractivity contribution in [2.75, 3.05) is 5.75 Å². The fourth-order valence-corrected chi connectivity index (χ4v) is 3.14. The number of rotatable bonds is 5. The molecule has 0 fully saturated rings. The van der Waals surface area contributed by atoms with Crippen molar-refractivity contribution in [3.05, 3.63) is 58.9 Å². The number of carbonyl (C=O) groups is 1. The molecule has 0 bridgehead atoms. The number of phenols is 2. The molecule has 8 heteroatoms. The molecule has 0 atom stereocenters. The monoisotopic (exact) mass is 375 g/mol. The van der Waals surface area contributed by atoms with Crippen LogP contribution in [0.3, 0.4) is 0 Å². The van der Waals surface area contributed by atoms with E-state index >= 15 is 0 Å². The largest absolute Gasteiger partial charge is 0.504 e. The molecule has 0 aliphatic rings. The van der Waals surface area contributed by atoms with E-state index in [9.17, 15) is 15.0 Å². The molecule has 0 aliphatic heterocycles. The van der Waals surface area contributed by atoms with Crippen LogP contribution in [-0.2, 0) is 0 Å². The molecular formula is C17H14ClN3O3S. The zero-order valence-corrected chi connectivity index (χ0v) is 14.8. The molecule has 0 saturated heterocycles. The number of aromatic nitrogens is 3. The molecule has 1 heterocycles. The van der Waals surface area contributed by atoms with E-state index in [1.165, 1.54) is 30.0 Å². The van der Waals surface area contributed by atoms with E-state index in [-0.39, 0.29) is 23.0 Å². The van der Waals surface area contributed by atoms with E-state index in [1.54, 1.807) is 10.9 Å². The van der Waals surface area contributed by atoms with Crippen molar-refractivity contribution in [2.45, 2.75) is 12.1 Å². The van der Waals surface area contributed by atoms with Crippen LogP contribution in [0.1, 0.15) is 15.9 Å². The van der Waals surface area contributed by atoms with Gasteiger partial charge in [0.05, 0.1) is 11.4 Å². The van der Waals surface area contributed by atoms with Gasteiger partial charge in [-0.1, -0.05) is 29.4 Å². The number of aromatic hydroxyl groups is 2. The molecule has 0 spiro atoms. The molecule has 0 amide bonds. The number of benzene rings is 2. The summed E-state index contributed by atoms with van der Waals surface area (Å²) in [6.45, 7) is 1.92. The van der Waals surface area contributed by atoms with Crippen molar-refractivity contribution in [3.8, 4) is 17.2 Å². The summed E-state index contributed by atoms with van der Waals surface area (Å²) in [7, 11) is 0. The van der Waals surface area contributed by atoms with Crippen LogP contribution in [0.5, 0.6) is 11.5 Å². The molecule has 6 nitrogen and oxygen atoms in total. The van der Waals surface area contributed by atoms with Gasteiger partial charge in [0.15, 0.2) is 22.4 Å². The average molecular weight is 376 g/mol. The highest BCUT2D eigenvalue weighted by atomic mass is 35.5. The molecule has 0 radical (unpaired) electrons. The summed E-state index contributed by atoms with van der Waals surface area (Å²) in [5.74, 6) is -0.673. The Labute approximate surface area is 153 Å². The summed E-state index contributed by atoms with van der Waals surface area (Å²) < 4.78 is 1.75. The third kappa shape index (κ3) is 3.78. The van der Waals surface area contributed by atoms with Crippen molar-refractivity contribution in [2.24, 2.45) is 0 Å². The van der Waals surface area contributed by atoms with Gasteiger partial charge in [-0.2, -0.15) is 0 Å². The van der Waals surface area contributed by atoms with Crippen LogP contribution in [0.2, 0.25) is 5.02 Å². The maximum Gasteiger partial charge on any atom is 0.196 e. The van der Waals surface area contributed by atoms with Gasteiger partial charge < -0.3 is 10.2 Å². The smallest absolute Gasteiger partial charge is 0.196 e. The van der Waals surface area contributed by atoms with Crippen LogP contribution in [0, 0.1) is 6.92 Å². The van der Waals surface area contributed by atoms with E-state index < -0.39 is 0 Å². The predicted octanol–water partition coefficient (Wildman–Crippen LogP) is 3.62. The molecule has 0 aliphatic carbocycles. The lowest BCUT2D eigenvalue weighted by Crippen LogP contribution is -2.04. The van der Waals surface area contributed by atoms with Gasteiger partial charge in [0.1, 0.15) is 6.33 Å². The molecule has 3 aromatic rings. The number of Topliss-reactive ketones (excluding diaryl/α,β-unsaturated/α-hetero) is 1. The number of phenolic OH excluding ortho intramolecular Hbond substituents is 2. The molecule has 128 valence electrons. The second kappa shape index (κ2) is 7.16. The minimum Gasteiger partial charge on any atom is -0.504 e. The first-order chi connectivity index (χ1) is 12.0. The minimum absolute atomic E-state index is 0.114. The summed E-state index contributed by atoms with van der Waals surface area (Å²) in [5, 5.41) is 27.9. The van der Waals surface area contributed by atoms with Crippen molar-refractivity contribution in [1.82, 2.24) is 14.8 Å². The third-order valence-electron chi connectivity index (χ3n) is 3.58. The number of carbonyl (C=O) groups excluding carboxylic acids is 1. The lowest BCUT2D eigenvalue weighted by atomic mass is 10.1. The summed E-state index contributed by atoms with van der Waals surface area (Å²) in [6.07, 6.45) is 1.56. The molecule has 1 aromatic heterocycles. The van der Waals surface area contributed by atoms with Crippen LogP contribution in [0.15, 0.2) is 47.9 Å². The van der Waals surface area contributed by atoms with Crippen LogP contribution in [-0.4, -0.2) is 36.5 Å². The van der Waals surface area contributed by atoms with Gasteiger partial charge in [-0.15, -0.1) is 10.2 Å². The van der Waals surface area contributed by atoms with Gasteiger partial charge >= 0.3 is 0 Å². The fraction of sp³-hybridized carbons (Fsp3) is 0.118. The maximum atomic E-state index is 12.3. The zero-order valence-electron chi connectivity index (χ0n) is 13.2. The number of halogens is 1. The molecule has 2 N–H and O–H groups in total. The van der Waals surface area contributed by atoms with E-state index in [1.807, 2.05) is 25.1 Å². The Kier molecular flexibility index (Phi) is 4.96. The zero-order chi connectivity index (χ0) is 18.0. The Hall–Kier alpha value is -2.51. The lowest BCUT2D eigenvalue weighted by Gasteiger charge is -2.08. The molecule has 0 saturated carbocycles. The first kappa shape index (κ1) is 17.3. The van der Waals surface area contributed by atoms with Crippen LogP contribution in [0.4, 0.5) is 0 Å². The molecule has 2 aromatic carbocycles. The van der Waals surface area contributed by atoms with Crippen molar-refractivity contribution >= 4 is 29.1 Å². The standard InChI is InChI=1S/C17H14ClN3O3S/c1-10-2-4-12(7-13(10)18)21-9-19-20-17(21)25-8-16(24)11-3-5-14(22)15(23)6-11/h2-7,9,22-23H,8H2,1H3. The van der Waals surface area contributed by atoms with Crippen molar-refractivity contribution in [3.63, 3.8) is 0 Å². The second-order valence-electron chi connectivity index (χ2n) is 5.33. The number of thioether (sulfide) groups is 1. The molecule has 0 unspecified atom stereocenters. The minimum atomic E-state index is -0.326. The summed E-state index contributed by atoms with van der Waals surface area (Å²) in [6, 6.07) is 9.59. The summed E-state index contributed by atoms with van der Waals surface area (Å²) >= 11 is 7.38. The van der Waals surface area contributed by atoms with E-state index in [0.717, 1.165) is 11.3 Å². The SMILES string of the molecule is Cc1ccc(-n2cnnc2SCC(=O)c2ccc(O)c(O)c2)cc1Cl. The highest BCUT2D eigenvalue weighted by Crippen LogP contribution is 2.27. The Balaban J connectivity index is 1.76.